The Morgan fingerprint density at radius 1 is 1.47 bits per heavy atom. The van der Waals surface area contributed by atoms with E-state index in [1.165, 1.54) is 6.07 Å². The molecule has 0 amide bonds. The lowest BCUT2D eigenvalue weighted by molar-refractivity contribution is 0.624. The monoisotopic (exact) mass is 202 g/mol. The van der Waals surface area contributed by atoms with E-state index in [1.807, 2.05) is 6.07 Å². The van der Waals surface area contributed by atoms with Crippen LogP contribution in [0.15, 0.2) is 30.6 Å². The third-order valence-electron chi connectivity index (χ3n) is 1.90. The average Bonchev–Trinajstić information content (AvgIpc) is 2.71. The molecular weight excluding hydrogens is 195 g/mol. The molecule has 74 valence electrons. The van der Waals surface area contributed by atoms with Crippen molar-refractivity contribution in [2.75, 3.05) is 5.32 Å². The van der Waals surface area contributed by atoms with Gasteiger partial charge in [0.25, 0.3) is 0 Å². The quantitative estimate of drug-likeness (QED) is 0.784. The summed E-state index contributed by atoms with van der Waals surface area (Å²) in [7, 11) is 0. The Balaban J connectivity index is 2.37. The van der Waals surface area contributed by atoms with Crippen molar-refractivity contribution in [1.82, 2.24) is 10.2 Å². The molecule has 2 aromatic rings. The maximum absolute atomic E-state index is 13.2. The first-order valence-electron chi connectivity index (χ1n) is 4.25. The number of rotatable bonds is 2. The lowest BCUT2D eigenvalue weighted by Crippen LogP contribution is -1.94. The molecule has 15 heavy (non-hydrogen) atoms. The highest BCUT2D eigenvalue weighted by Gasteiger charge is 2.07. The van der Waals surface area contributed by atoms with Crippen LogP contribution in [0.1, 0.15) is 5.56 Å². The van der Waals surface area contributed by atoms with Gasteiger partial charge in [0.05, 0.1) is 17.6 Å². The van der Waals surface area contributed by atoms with E-state index in [9.17, 15) is 4.39 Å². The molecule has 1 heterocycles. The lowest BCUT2D eigenvalue weighted by Gasteiger charge is -2.05. The van der Waals surface area contributed by atoms with Gasteiger partial charge in [-0.15, -0.1) is 0 Å². The molecule has 0 atom stereocenters. The van der Waals surface area contributed by atoms with E-state index in [-0.39, 0.29) is 5.56 Å². The minimum atomic E-state index is -0.536. The molecule has 0 saturated carbocycles. The summed E-state index contributed by atoms with van der Waals surface area (Å²) in [5.41, 5.74) is 1.11. The zero-order valence-corrected chi connectivity index (χ0v) is 7.66. The lowest BCUT2D eigenvalue weighted by atomic mass is 10.2. The number of benzene rings is 1. The van der Waals surface area contributed by atoms with Gasteiger partial charge in [-0.3, -0.25) is 5.10 Å². The van der Waals surface area contributed by atoms with Crippen LogP contribution in [0.2, 0.25) is 0 Å². The molecule has 2 rings (SSSR count). The van der Waals surface area contributed by atoms with E-state index in [0.717, 1.165) is 0 Å². The summed E-state index contributed by atoms with van der Waals surface area (Å²) in [4.78, 5) is 0. The van der Waals surface area contributed by atoms with Crippen LogP contribution in [-0.2, 0) is 0 Å². The minimum absolute atomic E-state index is 0.00120. The SMILES string of the molecule is N#Cc1c(F)cccc1Nc1cn[nH]c1. The standard InChI is InChI=1S/C10H7FN4/c11-9-2-1-3-10(8(9)4-12)15-7-5-13-14-6-7/h1-3,5-6,15H,(H,13,14). The van der Waals surface area contributed by atoms with Crippen molar-refractivity contribution in [3.8, 4) is 6.07 Å². The van der Waals surface area contributed by atoms with Crippen LogP contribution < -0.4 is 5.32 Å². The van der Waals surface area contributed by atoms with Gasteiger partial charge in [-0.2, -0.15) is 10.4 Å². The Labute approximate surface area is 85.4 Å². The molecule has 0 saturated heterocycles. The number of aromatic amines is 1. The second kappa shape index (κ2) is 3.80. The highest BCUT2D eigenvalue weighted by atomic mass is 19.1. The maximum atomic E-state index is 13.2. The van der Waals surface area contributed by atoms with Crippen LogP contribution in [0.5, 0.6) is 0 Å². The topological polar surface area (TPSA) is 64.5 Å². The summed E-state index contributed by atoms with van der Waals surface area (Å²) in [5, 5.41) is 18.0. The number of hydrogen-bond donors (Lipinski definition) is 2. The summed E-state index contributed by atoms with van der Waals surface area (Å²) < 4.78 is 13.2. The van der Waals surface area contributed by atoms with Crippen molar-refractivity contribution >= 4 is 11.4 Å². The fourth-order valence-corrected chi connectivity index (χ4v) is 1.22. The second-order valence-electron chi connectivity index (χ2n) is 2.89. The largest absolute Gasteiger partial charge is 0.352 e. The number of aromatic nitrogens is 2. The number of hydrogen-bond acceptors (Lipinski definition) is 3. The van der Waals surface area contributed by atoms with E-state index < -0.39 is 5.82 Å². The molecule has 0 aliphatic heterocycles. The maximum Gasteiger partial charge on any atom is 0.143 e. The predicted octanol–water partition coefficient (Wildman–Crippen LogP) is 2.16. The molecule has 0 fully saturated rings. The normalized spacial score (nSPS) is 9.60. The first-order chi connectivity index (χ1) is 7.31. The molecule has 0 radical (unpaired) electrons. The van der Waals surface area contributed by atoms with Gasteiger partial charge in [-0.1, -0.05) is 6.07 Å². The minimum Gasteiger partial charge on any atom is -0.352 e. The Hall–Kier alpha value is -2.35. The third-order valence-corrected chi connectivity index (χ3v) is 1.90. The van der Waals surface area contributed by atoms with Crippen molar-refractivity contribution in [2.24, 2.45) is 0 Å². The summed E-state index contributed by atoms with van der Waals surface area (Å²) in [6, 6.07) is 6.23. The van der Waals surface area contributed by atoms with E-state index in [2.05, 4.69) is 15.5 Å². The molecule has 0 bridgehead atoms. The van der Waals surface area contributed by atoms with Crippen LogP contribution >= 0.6 is 0 Å². The Bertz CT molecular complexity index is 499. The van der Waals surface area contributed by atoms with Gasteiger partial charge in [0.1, 0.15) is 17.4 Å². The van der Waals surface area contributed by atoms with Crippen LogP contribution in [-0.4, -0.2) is 10.2 Å². The average molecular weight is 202 g/mol. The zero-order chi connectivity index (χ0) is 10.7. The van der Waals surface area contributed by atoms with Crippen LogP contribution in [0.25, 0.3) is 0 Å². The van der Waals surface area contributed by atoms with Crippen molar-refractivity contribution < 1.29 is 4.39 Å². The Morgan fingerprint density at radius 2 is 2.33 bits per heavy atom. The van der Waals surface area contributed by atoms with Crippen LogP contribution in [0, 0.1) is 17.1 Å². The molecule has 5 heteroatoms. The first kappa shape index (κ1) is 9.21. The molecule has 1 aromatic heterocycles. The summed E-state index contributed by atoms with van der Waals surface area (Å²) >= 11 is 0. The Kier molecular flexibility index (Phi) is 2.33. The fraction of sp³-hybridized carbons (Fsp3) is 0. The molecule has 2 N–H and O–H groups in total. The molecule has 0 aliphatic carbocycles. The number of nitriles is 1. The van der Waals surface area contributed by atoms with Gasteiger partial charge in [-0.25, -0.2) is 4.39 Å². The molecule has 0 spiro atoms. The molecule has 0 unspecified atom stereocenters. The number of H-pyrrole nitrogens is 1. The fourth-order valence-electron chi connectivity index (χ4n) is 1.22. The van der Waals surface area contributed by atoms with Crippen molar-refractivity contribution in [2.45, 2.75) is 0 Å². The first-order valence-corrected chi connectivity index (χ1v) is 4.25. The van der Waals surface area contributed by atoms with Gasteiger partial charge in [0, 0.05) is 6.20 Å². The number of anilines is 2. The van der Waals surface area contributed by atoms with Gasteiger partial charge in [-0.05, 0) is 12.1 Å². The van der Waals surface area contributed by atoms with Crippen LogP contribution in [0.3, 0.4) is 0 Å². The number of halogens is 1. The molecule has 1 aromatic carbocycles. The van der Waals surface area contributed by atoms with Crippen molar-refractivity contribution in [1.29, 1.82) is 5.26 Å². The third kappa shape index (κ3) is 1.79. The van der Waals surface area contributed by atoms with Crippen molar-refractivity contribution in [3.63, 3.8) is 0 Å². The smallest absolute Gasteiger partial charge is 0.143 e. The van der Waals surface area contributed by atoms with Crippen molar-refractivity contribution in [3.05, 3.63) is 42.0 Å². The second-order valence-corrected chi connectivity index (χ2v) is 2.89. The predicted molar refractivity (Wildman–Crippen MR) is 53.0 cm³/mol. The van der Waals surface area contributed by atoms with E-state index in [1.54, 1.807) is 24.5 Å². The number of nitrogens with one attached hydrogen (secondary N) is 2. The van der Waals surface area contributed by atoms with E-state index >= 15 is 0 Å². The van der Waals surface area contributed by atoms with Gasteiger partial charge in [0.2, 0.25) is 0 Å². The molecular formula is C10H7FN4. The van der Waals surface area contributed by atoms with Gasteiger partial charge >= 0.3 is 0 Å². The van der Waals surface area contributed by atoms with Gasteiger partial charge in [0.15, 0.2) is 0 Å². The highest BCUT2D eigenvalue weighted by Crippen LogP contribution is 2.21. The molecule has 4 nitrogen and oxygen atoms in total. The van der Waals surface area contributed by atoms with E-state index in [4.69, 9.17) is 5.26 Å². The summed E-state index contributed by atoms with van der Waals surface area (Å²) in [6.07, 6.45) is 3.16. The summed E-state index contributed by atoms with van der Waals surface area (Å²) in [6.45, 7) is 0. The van der Waals surface area contributed by atoms with Crippen LogP contribution in [0.4, 0.5) is 15.8 Å². The number of nitrogens with zero attached hydrogens (tertiary/aromatic N) is 2. The highest BCUT2D eigenvalue weighted by molar-refractivity contribution is 5.65. The Morgan fingerprint density at radius 3 is 3.00 bits per heavy atom. The summed E-state index contributed by atoms with van der Waals surface area (Å²) in [5.74, 6) is -0.536. The van der Waals surface area contributed by atoms with E-state index in [0.29, 0.717) is 11.4 Å². The zero-order valence-electron chi connectivity index (χ0n) is 7.66. The molecule has 0 aliphatic rings. The van der Waals surface area contributed by atoms with Gasteiger partial charge < -0.3 is 5.32 Å².